The highest BCUT2D eigenvalue weighted by atomic mass is 15.1. The van der Waals surface area contributed by atoms with Gasteiger partial charge in [-0.05, 0) is 70.6 Å². The Kier molecular flexibility index (Phi) is 5.79. The predicted octanol–water partition coefficient (Wildman–Crippen LogP) is 12.4. The van der Waals surface area contributed by atoms with Gasteiger partial charge >= 0.3 is 0 Å². The molecule has 4 heterocycles. The van der Waals surface area contributed by atoms with Crippen molar-refractivity contribution < 1.29 is 0 Å². The SMILES string of the molecule is CC1C=Cc2c(n3c4cc5ccccc5cc4c4cc5c(c6ccccc6n5-c5nc(-c6ccc(-c7ccccc7)cc6)nc6ccccc56)c2c43)C1. The van der Waals surface area contributed by atoms with Crippen molar-refractivity contribution in [1.29, 1.82) is 0 Å². The molecule has 248 valence electrons. The summed E-state index contributed by atoms with van der Waals surface area (Å²) in [4.78, 5) is 10.6. The van der Waals surface area contributed by atoms with Crippen LogP contribution in [-0.2, 0) is 6.42 Å². The molecule has 0 saturated carbocycles. The highest BCUT2D eigenvalue weighted by Gasteiger charge is 2.29. The van der Waals surface area contributed by atoms with Crippen molar-refractivity contribution in [3.05, 3.63) is 163 Å². The molecule has 1 atom stereocenters. The molecule has 0 saturated heterocycles. The summed E-state index contributed by atoms with van der Waals surface area (Å²) in [7, 11) is 0. The van der Waals surface area contributed by atoms with E-state index in [4.69, 9.17) is 9.97 Å². The Morgan fingerprint density at radius 1 is 0.547 bits per heavy atom. The molecule has 1 aliphatic rings. The number of nitrogens with zero attached hydrogens (tertiary/aromatic N) is 4. The molecule has 0 fully saturated rings. The van der Waals surface area contributed by atoms with Crippen molar-refractivity contribution in [2.24, 2.45) is 5.92 Å². The first-order valence-corrected chi connectivity index (χ1v) is 18.5. The van der Waals surface area contributed by atoms with Crippen molar-refractivity contribution in [2.75, 3.05) is 0 Å². The summed E-state index contributed by atoms with van der Waals surface area (Å²) in [5.41, 5.74) is 11.9. The molecule has 0 bridgehead atoms. The highest BCUT2D eigenvalue weighted by Crippen LogP contribution is 2.48. The summed E-state index contributed by atoms with van der Waals surface area (Å²) < 4.78 is 5.00. The monoisotopic (exact) mass is 676 g/mol. The molecule has 7 aromatic carbocycles. The van der Waals surface area contributed by atoms with Gasteiger partial charge < -0.3 is 4.40 Å². The van der Waals surface area contributed by atoms with Crippen LogP contribution in [0.2, 0.25) is 0 Å². The van der Waals surface area contributed by atoms with Crippen molar-refractivity contribution in [3.63, 3.8) is 0 Å². The average molecular weight is 677 g/mol. The summed E-state index contributed by atoms with van der Waals surface area (Å²) in [6.07, 6.45) is 5.79. The maximum absolute atomic E-state index is 5.47. The molecule has 4 nitrogen and oxygen atoms in total. The van der Waals surface area contributed by atoms with Gasteiger partial charge in [-0.25, -0.2) is 9.97 Å². The van der Waals surface area contributed by atoms with Crippen LogP contribution in [0.15, 0.2) is 152 Å². The van der Waals surface area contributed by atoms with Gasteiger partial charge in [0.25, 0.3) is 0 Å². The lowest BCUT2D eigenvalue weighted by molar-refractivity contribution is 0.699. The van der Waals surface area contributed by atoms with E-state index in [0.29, 0.717) is 11.7 Å². The molecule has 4 heteroatoms. The van der Waals surface area contributed by atoms with Crippen LogP contribution in [0, 0.1) is 5.92 Å². The quantitative estimate of drug-likeness (QED) is 0.187. The minimum Gasteiger partial charge on any atom is -0.312 e. The number of benzene rings is 7. The molecule has 1 unspecified atom stereocenters. The zero-order chi connectivity index (χ0) is 34.8. The van der Waals surface area contributed by atoms with E-state index in [1.54, 1.807) is 0 Å². The topological polar surface area (TPSA) is 35.1 Å². The summed E-state index contributed by atoms with van der Waals surface area (Å²) >= 11 is 0. The maximum Gasteiger partial charge on any atom is 0.162 e. The van der Waals surface area contributed by atoms with Gasteiger partial charge in [-0.15, -0.1) is 0 Å². The fourth-order valence-corrected chi connectivity index (χ4v) is 9.16. The predicted molar refractivity (Wildman–Crippen MR) is 221 cm³/mol. The maximum atomic E-state index is 5.47. The molecule has 0 N–H and O–H groups in total. The Morgan fingerprint density at radius 3 is 2.09 bits per heavy atom. The normalized spacial score (nSPS) is 14.5. The van der Waals surface area contributed by atoms with Gasteiger partial charge in [-0.1, -0.05) is 128 Å². The molecule has 53 heavy (non-hydrogen) atoms. The minimum atomic E-state index is 0.473. The highest BCUT2D eigenvalue weighted by molar-refractivity contribution is 6.31. The lowest BCUT2D eigenvalue weighted by atomic mass is 9.92. The van der Waals surface area contributed by atoms with E-state index in [1.807, 2.05) is 0 Å². The molecule has 12 rings (SSSR count). The van der Waals surface area contributed by atoms with E-state index >= 15 is 0 Å². The average Bonchev–Trinajstić information content (AvgIpc) is 3.83. The standard InChI is InChI=1S/C49H32N4/c1-29-19-24-37-42(25-29)52-43-27-34-14-6-5-13-33(34)26-38(43)39-28-44-45(46(37)47(39)52)36-16-8-10-18-41(36)53(44)49-35-15-7-9-17-40(35)50-48(51-49)32-22-20-31(21-23-32)30-11-3-2-4-12-30/h2-24,26-29H,25H2,1H3. The van der Waals surface area contributed by atoms with E-state index in [2.05, 4.69) is 174 Å². The lowest BCUT2D eigenvalue weighted by Crippen LogP contribution is -2.04. The number of hydrogen-bond acceptors (Lipinski definition) is 2. The molecule has 0 spiro atoms. The number of para-hydroxylation sites is 2. The molecular formula is C49H32N4. The van der Waals surface area contributed by atoms with E-state index < -0.39 is 0 Å². The third-order valence-electron chi connectivity index (χ3n) is 11.6. The van der Waals surface area contributed by atoms with E-state index in [9.17, 15) is 0 Å². The molecule has 4 aromatic heterocycles. The smallest absolute Gasteiger partial charge is 0.162 e. The first kappa shape index (κ1) is 28.9. The van der Waals surface area contributed by atoms with Crippen LogP contribution in [0.25, 0.3) is 105 Å². The van der Waals surface area contributed by atoms with Crippen molar-refractivity contribution in [3.8, 4) is 28.3 Å². The van der Waals surface area contributed by atoms with Gasteiger partial charge in [-0.2, -0.15) is 0 Å². The fraction of sp³-hybridized carbons (Fsp3) is 0.0612. The number of allylic oxidation sites excluding steroid dienone is 1. The Hall–Kier alpha value is -6.78. The zero-order valence-corrected chi connectivity index (χ0v) is 29.1. The van der Waals surface area contributed by atoms with Gasteiger partial charge in [0, 0.05) is 49.1 Å². The van der Waals surface area contributed by atoms with Crippen LogP contribution >= 0.6 is 0 Å². The van der Waals surface area contributed by atoms with Crippen molar-refractivity contribution in [2.45, 2.75) is 13.3 Å². The Labute approximate surface area is 305 Å². The Balaban J connectivity index is 1.21. The minimum absolute atomic E-state index is 0.473. The van der Waals surface area contributed by atoms with Gasteiger partial charge in [0.1, 0.15) is 5.82 Å². The van der Waals surface area contributed by atoms with Crippen LogP contribution in [0.3, 0.4) is 0 Å². The van der Waals surface area contributed by atoms with Crippen LogP contribution in [-0.4, -0.2) is 18.9 Å². The molecule has 11 aromatic rings. The van der Waals surface area contributed by atoms with Gasteiger partial charge in [0.15, 0.2) is 5.82 Å². The molecular weight excluding hydrogens is 645 g/mol. The second kappa shape index (κ2) is 10.6. The third-order valence-corrected chi connectivity index (χ3v) is 11.6. The zero-order valence-electron chi connectivity index (χ0n) is 29.1. The van der Waals surface area contributed by atoms with E-state index in [1.165, 1.54) is 71.1 Å². The number of aromatic nitrogens is 4. The largest absolute Gasteiger partial charge is 0.312 e. The fourth-order valence-electron chi connectivity index (χ4n) is 9.16. The molecule has 1 aliphatic carbocycles. The Morgan fingerprint density at radius 2 is 1.25 bits per heavy atom. The second-order valence-electron chi connectivity index (χ2n) is 14.7. The van der Waals surface area contributed by atoms with Crippen molar-refractivity contribution >= 4 is 76.7 Å². The lowest BCUT2D eigenvalue weighted by Gasteiger charge is -2.14. The molecule has 0 amide bonds. The second-order valence-corrected chi connectivity index (χ2v) is 14.7. The summed E-state index contributed by atoms with van der Waals surface area (Å²) in [6.45, 7) is 2.33. The number of rotatable bonds is 3. The molecule has 0 radical (unpaired) electrons. The third kappa shape index (κ3) is 4.01. The van der Waals surface area contributed by atoms with Gasteiger partial charge in [0.05, 0.1) is 27.6 Å². The van der Waals surface area contributed by atoms with E-state index in [-0.39, 0.29) is 0 Å². The summed E-state index contributed by atoms with van der Waals surface area (Å²) in [6, 6.07) is 52.4. The summed E-state index contributed by atoms with van der Waals surface area (Å²) in [5.74, 6) is 2.08. The summed E-state index contributed by atoms with van der Waals surface area (Å²) in [5, 5.41) is 9.97. The van der Waals surface area contributed by atoms with Crippen molar-refractivity contribution in [1.82, 2.24) is 18.9 Å². The number of fused-ring (bicyclic) bond motifs is 12. The van der Waals surface area contributed by atoms with Crippen LogP contribution < -0.4 is 0 Å². The first-order valence-electron chi connectivity index (χ1n) is 18.5. The van der Waals surface area contributed by atoms with Crippen LogP contribution in [0.5, 0.6) is 0 Å². The van der Waals surface area contributed by atoms with E-state index in [0.717, 1.165) is 39.7 Å². The van der Waals surface area contributed by atoms with Gasteiger partial charge in [0.2, 0.25) is 0 Å². The van der Waals surface area contributed by atoms with Gasteiger partial charge in [-0.3, -0.25) is 4.57 Å². The van der Waals surface area contributed by atoms with Crippen LogP contribution in [0.1, 0.15) is 18.2 Å². The Bertz CT molecular complexity index is 3310. The molecule has 0 aliphatic heterocycles. The first-order chi connectivity index (χ1) is 26.2. The number of hydrogen-bond donors (Lipinski definition) is 0. The van der Waals surface area contributed by atoms with Crippen LogP contribution in [0.4, 0.5) is 0 Å².